The molecule has 0 spiro atoms. The molecule has 0 N–H and O–H groups in total. The fourth-order valence-corrected chi connectivity index (χ4v) is 0.831. The number of aryl methyl sites for hydroxylation is 1. The van der Waals surface area contributed by atoms with Crippen molar-refractivity contribution in [3.05, 3.63) is 29.7 Å². The van der Waals surface area contributed by atoms with E-state index in [0.717, 1.165) is 23.4 Å². The van der Waals surface area contributed by atoms with E-state index < -0.39 is 0 Å². The average Bonchev–Trinajstić information content (AvgIpc) is 2.36. The minimum Gasteiger partial charge on any atom is -0.462 e. The van der Waals surface area contributed by atoms with Crippen LogP contribution in [0.5, 0.6) is 0 Å². The van der Waals surface area contributed by atoms with Gasteiger partial charge < -0.3 is 4.42 Å². The number of carbonyl (C=O) groups excluding carboxylic acids is 1. The van der Waals surface area contributed by atoms with Gasteiger partial charge in [-0.2, -0.15) is 0 Å². The lowest BCUT2D eigenvalue weighted by Gasteiger charge is -1.91. The van der Waals surface area contributed by atoms with Gasteiger partial charge in [-0.25, -0.2) is 0 Å². The molecule has 0 aliphatic rings. The van der Waals surface area contributed by atoms with Crippen LogP contribution in [-0.2, 0) is 4.79 Å². The Morgan fingerprint density at radius 1 is 1.55 bits per heavy atom. The maximum absolute atomic E-state index is 10.1. The summed E-state index contributed by atoms with van der Waals surface area (Å²) in [7, 11) is 0. The molecule has 1 heterocycles. The lowest BCUT2D eigenvalue weighted by atomic mass is 10.2. The molecule has 0 aliphatic carbocycles. The highest BCUT2D eigenvalue weighted by atomic mass is 16.3. The van der Waals surface area contributed by atoms with Gasteiger partial charge in [-0.1, -0.05) is 0 Å². The molecule has 0 saturated heterocycles. The van der Waals surface area contributed by atoms with Crippen LogP contribution in [0, 0.1) is 6.92 Å². The molecule has 58 valence electrons. The molecule has 0 aromatic carbocycles. The molecule has 0 atom stereocenters. The van der Waals surface area contributed by atoms with E-state index in [4.69, 9.17) is 4.42 Å². The van der Waals surface area contributed by atoms with Gasteiger partial charge in [0.1, 0.15) is 17.8 Å². The monoisotopic (exact) mass is 150 g/mol. The number of allylic oxidation sites excluding steroid dienone is 2. The molecule has 0 amide bonds. The third kappa shape index (κ3) is 1.80. The fraction of sp³-hybridized carbons (Fsp3) is 0.222. The maximum atomic E-state index is 10.1. The van der Waals surface area contributed by atoms with E-state index in [1.807, 2.05) is 26.0 Å². The molecule has 0 unspecified atom stereocenters. The van der Waals surface area contributed by atoms with E-state index >= 15 is 0 Å². The molecule has 1 aromatic heterocycles. The summed E-state index contributed by atoms with van der Waals surface area (Å²) in [4.78, 5) is 10.1. The van der Waals surface area contributed by atoms with Crippen molar-refractivity contribution in [1.82, 2.24) is 0 Å². The summed E-state index contributed by atoms with van der Waals surface area (Å²) >= 11 is 0. The average molecular weight is 150 g/mol. The van der Waals surface area contributed by atoms with Gasteiger partial charge in [-0.05, 0) is 37.6 Å². The molecule has 0 aliphatic heterocycles. The summed E-state index contributed by atoms with van der Waals surface area (Å²) in [5.41, 5.74) is 0.855. The molecule has 0 radical (unpaired) electrons. The van der Waals surface area contributed by atoms with Crippen LogP contribution in [0.1, 0.15) is 18.4 Å². The predicted molar refractivity (Wildman–Crippen MR) is 43.2 cm³/mol. The summed E-state index contributed by atoms with van der Waals surface area (Å²) in [5, 5.41) is 0. The van der Waals surface area contributed by atoms with Gasteiger partial charge in [0.15, 0.2) is 0 Å². The standard InChI is InChI=1S/C9H10O2/c1-7(5-6-10)9-4-3-8(2)11-9/h3-6H,1-2H3. The highest BCUT2D eigenvalue weighted by Gasteiger charge is 1.98. The van der Waals surface area contributed by atoms with Crippen molar-refractivity contribution in [3.63, 3.8) is 0 Å². The first kappa shape index (κ1) is 7.79. The molecule has 1 aromatic rings. The first-order valence-corrected chi connectivity index (χ1v) is 3.43. The number of carbonyl (C=O) groups is 1. The Hall–Kier alpha value is -1.31. The first-order valence-electron chi connectivity index (χ1n) is 3.43. The summed E-state index contributed by atoms with van der Waals surface area (Å²) in [6.45, 7) is 3.71. The van der Waals surface area contributed by atoms with Crippen LogP contribution >= 0.6 is 0 Å². The highest BCUT2D eigenvalue weighted by molar-refractivity contribution is 5.79. The minimum absolute atomic E-state index is 0.757. The Morgan fingerprint density at radius 3 is 2.73 bits per heavy atom. The van der Waals surface area contributed by atoms with Gasteiger partial charge in [0, 0.05) is 0 Å². The molecule has 0 bridgehead atoms. The molecule has 2 heteroatoms. The SMILES string of the molecule is CC(=CC=O)c1ccc(C)o1. The topological polar surface area (TPSA) is 30.2 Å². The number of aldehydes is 1. The van der Waals surface area contributed by atoms with Crippen LogP contribution < -0.4 is 0 Å². The van der Waals surface area contributed by atoms with Crippen molar-refractivity contribution in [3.8, 4) is 0 Å². The van der Waals surface area contributed by atoms with Crippen molar-refractivity contribution in [2.75, 3.05) is 0 Å². The van der Waals surface area contributed by atoms with Crippen molar-refractivity contribution in [2.24, 2.45) is 0 Å². The number of hydrogen-bond acceptors (Lipinski definition) is 2. The molecule has 2 nitrogen and oxygen atoms in total. The van der Waals surface area contributed by atoms with E-state index in [2.05, 4.69) is 0 Å². The first-order chi connectivity index (χ1) is 5.24. The summed E-state index contributed by atoms with van der Waals surface area (Å²) in [6, 6.07) is 3.72. The Kier molecular flexibility index (Phi) is 2.26. The Labute approximate surface area is 65.5 Å². The van der Waals surface area contributed by atoms with Crippen LogP contribution in [0.4, 0.5) is 0 Å². The normalized spacial score (nSPS) is 11.6. The number of hydrogen-bond donors (Lipinski definition) is 0. The van der Waals surface area contributed by atoms with E-state index in [0.29, 0.717) is 0 Å². The van der Waals surface area contributed by atoms with Gasteiger partial charge >= 0.3 is 0 Å². The molecule has 11 heavy (non-hydrogen) atoms. The van der Waals surface area contributed by atoms with Crippen LogP contribution in [0.15, 0.2) is 22.6 Å². The van der Waals surface area contributed by atoms with Crippen LogP contribution in [-0.4, -0.2) is 6.29 Å². The fourth-order valence-electron chi connectivity index (χ4n) is 0.831. The largest absolute Gasteiger partial charge is 0.462 e. The predicted octanol–water partition coefficient (Wildman–Crippen LogP) is 2.19. The van der Waals surface area contributed by atoms with E-state index in [1.165, 1.54) is 6.08 Å². The highest BCUT2D eigenvalue weighted by Crippen LogP contribution is 2.15. The van der Waals surface area contributed by atoms with Crippen LogP contribution in [0.2, 0.25) is 0 Å². The van der Waals surface area contributed by atoms with Gasteiger partial charge in [-0.3, -0.25) is 4.79 Å². The maximum Gasteiger partial charge on any atom is 0.143 e. The minimum atomic E-state index is 0.757. The van der Waals surface area contributed by atoms with Crippen molar-refractivity contribution < 1.29 is 9.21 Å². The molecule has 0 saturated carbocycles. The zero-order chi connectivity index (χ0) is 8.27. The Bertz CT molecular complexity index is 282. The zero-order valence-corrected chi connectivity index (χ0v) is 6.63. The number of furan rings is 1. The lowest BCUT2D eigenvalue weighted by Crippen LogP contribution is -1.73. The Balaban J connectivity index is 2.93. The van der Waals surface area contributed by atoms with Gasteiger partial charge in [-0.15, -0.1) is 0 Å². The number of rotatable bonds is 2. The lowest BCUT2D eigenvalue weighted by molar-refractivity contribution is -0.104. The second kappa shape index (κ2) is 3.19. The second-order valence-corrected chi connectivity index (χ2v) is 2.40. The summed E-state index contributed by atoms with van der Waals surface area (Å²) in [5.74, 6) is 1.62. The van der Waals surface area contributed by atoms with Gasteiger partial charge in [0.05, 0.1) is 0 Å². The summed E-state index contributed by atoms with van der Waals surface area (Å²) in [6.07, 6.45) is 2.24. The van der Waals surface area contributed by atoms with Crippen molar-refractivity contribution in [1.29, 1.82) is 0 Å². The van der Waals surface area contributed by atoms with Crippen molar-refractivity contribution >= 4 is 11.9 Å². The smallest absolute Gasteiger partial charge is 0.143 e. The zero-order valence-electron chi connectivity index (χ0n) is 6.63. The van der Waals surface area contributed by atoms with Crippen LogP contribution in [0.25, 0.3) is 5.57 Å². The van der Waals surface area contributed by atoms with Gasteiger partial charge in [0.25, 0.3) is 0 Å². The van der Waals surface area contributed by atoms with Crippen molar-refractivity contribution in [2.45, 2.75) is 13.8 Å². The third-order valence-electron chi connectivity index (χ3n) is 1.45. The Morgan fingerprint density at radius 2 is 2.27 bits per heavy atom. The second-order valence-electron chi connectivity index (χ2n) is 2.40. The molecule has 0 fully saturated rings. The third-order valence-corrected chi connectivity index (χ3v) is 1.45. The van der Waals surface area contributed by atoms with E-state index in [-0.39, 0.29) is 0 Å². The molecule has 1 rings (SSSR count). The quantitative estimate of drug-likeness (QED) is 0.478. The summed E-state index contributed by atoms with van der Waals surface area (Å²) < 4.78 is 5.27. The molecular formula is C9H10O2. The van der Waals surface area contributed by atoms with Gasteiger partial charge in [0.2, 0.25) is 0 Å². The van der Waals surface area contributed by atoms with E-state index in [1.54, 1.807) is 0 Å². The molecular weight excluding hydrogens is 140 g/mol. The van der Waals surface area contributed by atoms with Crippen LogP contribution in [0.3, 0.4) is 0 Å². The van der Waals surface area contributed by atoms with E-state index in [9.17, 15) is 4.79 Å².